The Morgan fingerprint density at radius 3 is 2.86 bits per heavy atom. The van der Waals surface area contributed by atoms with E-state index in [1.807, 2.05) is 0 Å². The number of hydrogen-bond acceptors (Lipinski definition) is 6. The van der Waals surface area contributed by atoms with Crippen LogP contribution in [0.5, 0.6) is 11.5 Å². The van der Waals surface area contributed by atoms with Crippen LogP contribution in [0.1, 0.15) is 9.67 Å². The Hall–Kier alpha value is -2.32. The highest BCUT2D eigenvalue weighted by Crippen LogP contribution is 2.37. The number of amides is 1. The highest BCUT2D eigenvalue weighted by atomic mass is 35.5. The molecule has 0 saturated heterocycles. The van der Waals surface area contributed by atoms with Gasteiger partial charge in [0.25, 0.3) is 5.91 Å². The summed E-state index contributed by atoms with van der Waals surface area (Å²) in [5.41, 5.74) is -0.731. The predicted octanol–water partition coefficient (Wildman–Crippen LogP) is 3.28. The van der Waals surface area contributed by atoms with Gasteiger partial charge in [-0.3, -0.25) is 14.9 Å². The van der Waals surface area contributed by atoms with Crippen molar-refractivity contribution in [2.24, 2.45) is 0 Å². The second kappa shape index (κ2) is 5.98. The molecular formula is C12H9ClN2O5S. The number of nitrogens with one attached hydrogen (secondary N) is 1. The zero-order valence-corrected chi connectivity index (χ0v) is 12.2. The SMILES string of the molecule is COc1ccsc1C(=O)Nc1cc(Cl)cc([N+](=O)[O-])c1O. The summed E-state index contributed by atoms with van der Waals surface area (Å²) in [5.74, 6) is -0.851. The van der Waals surface area contributed by atoms with Crippen LogP contribution in [0.4, 0.5) is 11.4 Å². The number of ether oxygens (including phenoxy) is 1. The molecule has 110 valence electrons. The number of aromatic hydroxyl groups is 1. The quantitative estimate of drug-likeness (QED) is 0.509. The molecule has 0 radical (unpaired) electrons. The Balaban J connectivity index is 2.36. The van der Waals surface area contributed by atoms with E-state index in [1.54, 1.807) is 11.4 Å². The third-order valence-electron chi connectivity index (χ3n) is 2.55. The average molecular weight is 329 g/mol. The first-order chi connectivity index (χ1) is 9.93. The van der Waals surface area contributed by atoms with E-state index in [1.165, 1.54) is 13.2 Å². The van der Waals surface area contributed by atoms with Gasteiger partial charge in [-0.1, -0.05) is 11.6 Å². The fraction of sp³-hybridized carbons (Fsp3) is 0.0833. The van der Waals surface area contributed by atoms with Crippen molar-refractivity contribution >= 4 is 40.2 Å². The molecule has 2 N–H and O–H groups in total. The smallest absolute Gasteiger partial charge is 0.314 e. The third-order valence-corrected chi connectivity index (χ3v) is 3.67. The van der Waals surface area contributed by atoms with Crippen molar-refractivity contribution in [1.82, 2.24) is 0 Å². The lowest BCUT2D eigenvalue weighted by Gasteiger charge is -2.08. The lowest BCUT2D eigenvalue weighted by atomic mass is 10.2. The number of benzene rings is 1. The molecule has 0 aliphatic rings. The minimum absolute atomic E-state index is 0.0212. The van der Waals surface area contributed by atoms with Gasteiger partial charge in [-0.2, -0.15) is 0 Å². The summed E-state index contributed by atoms with van der Waals surface area (Å²) in [5, 5.41) is 24.7. The van der Waals surface area contributed by atoms with Crippen LogP contribution in [0.15, 0.2) is 23.6 Å². The summed E-state index contributed by atoms with van der Waals surface area (Å²) in [6.45, 7) is 0. The van der Waals surface area contributed by atoms with Crippen LogP contribution >= 0.6 is 22.9 Å². The van der Waals surface area contributed by atoms with Gasteiger partial charge in [0.15, 0.2) is 0 Å². The topological polar surface area (TPSA) is 102 Å². The first kappa shape index (κ1) is 15.1. The summed E-state index contributed by atoms with van der Waals surface area (Å²) in [6, 6.07) is 3.83. The molecule has 0 bridgehead atoms. The first-order valence-electron chi connectivity index (χ1n) is 5.53. The van der Waals surface area contributed by atoms with Gasteiger partial charge >= 0.3 is 5.69 Å². The molecular weight excluding hydrogens is 320 g/mol. The number of nitrogens with zero attached hydrogens (tertiary/aromatic N) is 1. The number of halogens is 1. The maximum atomic E-state index is 12.1. The summed E-state index contributed by atoms with van der Waals surface area (Å²) in [6.07, 6.45) is 0. The number of nitro benzene ring substituents is 1. The van der Waals surface area contributed by atoms with Gasteiger partial charge in [0, 0.05) is 11.1 Å². The highest BCUT2D eigenvalue weighted by molar-refractivity contribution is 7.12. The van der Waals surface area contributed by atoms with E-state index < -0.39 is 22.3 Å². The number of phenolic OH excluding ortho intramolecular Hbond substituents is 1. The molecule has 0 unspecified atom stereocenters. The molecule has 21 heavy (non-hydrogen) atoms. The Morgan fingerprint density at radius 1 is 1.52 bits per heavy atom. The number of rotatable bonds is 4. The van der Waals surface area contributed by atoms with Gasteiger partial charge < -0.3 is 15.2 Å². The summed E-state index contributed by atoms with van der Waals surface area (Å²) in [7, 11) is 1.42. The summed E-state index contributed by atoms with van der Waals surface area (Å²) in [4.78, 5) is 22.4. The molecule has 2 aromatic rings. The fourth-order valence-electron chi connectivity index (χ4n) is 1.62. The van der Waals surface area contributed by atoms with Gasteiger partial charge in [-0.15, -0.1) is 11.3 Å². The average Bonchev–Trinajstić information content (AvgIpc) is 2.90. The van der Waals surface area contributed by atoms with E-state index in [4.69, 9.17) is 16.3 Å². The van der Waals surface area contributed by atoms with E-state index in [9.17, 15) is 20.0 Å². The number of thiophene rings is 1. The van der Waals surface area contributed by atoms with Gasteiger partial charge in [-0.25, -0.2) is 0 Å². The van der Waals surface area contributed by atoms with Crippen LogP contribution < -0.4 is 10.1 Å². The van der Waals surface area contributed by atoms with Gasteiger partial charge in [-0.05, 0) is 17.5 Å². The molecule has 1 amide bonds. The van der Waals surface area contributed by atoms with Gasteiger partial charge in [0.1, 0.15) is 10.6 Å². The molecule has 0 spiro atoms. The van der Waals surface area contributed by atoms with Gasteiger partial charge in [0.2, 0.25) is 5.75 Å². The fourth-order valence-corrected chi connectivity index (χ4v) is 2.59. The zero-order chi connectivity index (χ0) is 15.6. The van der Waals surface area contributed by atoms with Crippen LogP contribution in [-0.2, 0) is 0 Å². The maximum Gasteiger partial charge on any atom is 0.314 e. The van der Waals surface area contributed by atoms with Crippen molar-refractivity contribution in [2.45, 2.75) is 0 Å². The van der Waals surface area contributed by atoms with Crippen LogP contribution in [-0.4, -0.2) is 23.0 Å². The Kier molecular flexibility index (Phi) is 4.29. The molecule has 1 aromatic heterocycles. The molecule has 0 saturated carbocycles. The van der Waals surface area contributed by atoms with Crippen molar-refractivity contribution in [3.8, 4) is 11.5 Å². The number of anilines is 1. The lowest BCUT2D eigenvalue weighted by Crippen LogP contribution is -2.11. The number of nitro groups is 1. The molecule has 1 heterocycles. The van der Waals surface area contributed by atoms with Crippen molar-refractivity contribution in [3.05, 3.63) is 43.6 Å². The third kappa shape index (κ3) is 3.06. The van der Waals surface area contributed by atoms with E-state index in [-0.39, 0.29) is 15.6 Å². The van der Waals surface area contributed by atoms with Crippen molar-refractivity contribution < 1.29 is 19.6 Å². The molecule has 1 aromatic carbocycles. The van der Waals surface area contributed by atoms with E-state index >= 15 is 0 Å². The second-order valence-electron chi connectivity index (χ2n) is 3.85. The second-order valence-corrected chi connectivity index (χ2v) is 5.20. The van der Waals surface area contributed by atoms with Crippen molar-refractivity contribution in [3.63, 3.8) is 0 Å². The highest BCUT2D eigenvalue weighted by Gasteiger charge is 2.22. The minimum atomic E-state index is -0.789. The molecule has 0 atom stereocenters. The van der Waals surface area contributed by atoms with Gasteiger partial charge in [0.05, 0.1) is 17.7 Å². The standard InChI is InChI=1S/C12H9ClN2O5S/c1-20-9-2-3-21-11(9)12(17)14-7-4-6(13)5-8(10(7)16)15(18)19/h2-5,16H,1H3,(H,14,17). The number of hydrogen-bond donors (Lipinski definition) is 2. The van der Waals surface area contributed by atoms with Crippen molar-refractivity contribution in [2.75, 3.05) is 12.4 Å². The normalized spacial score (nSPS) is 10.2. The van der Waals surface area contributed by atoms with Crippen LogP contribution in [0, 0.1) is 10.1 Å². The van der Waals surface area contributed by atoms with E-state index in [0.717, 1.165) is 17.4 Å². The van der Waals surface area contributed by atoms with E-state index in [0.29, 0.717) is 5.75 Å². The first-order valence-corrected chi connectivity index (χ1v) is 6.79. The van der Waals surface area contributed by atoms with Crippen molar-refractivity contribution in [1.29, 1.82) is 0 Å². The largest absolute Gasteiger partial charge is 0.501 e. The van der Waals surface area contributed by atoms with Crippen LogP contribution in [0.25, 0.3) is 0 Å². The zero-order valence-electron chi connectivity index (χ0n) is 10.6. The molecule has 0 fully saturated rings. The lowest BCUT2D eigenvalue weighted by molar-refractivity contribution is -0.385. The number of phenols is 1. The summed E-state index contributed by atoms with van der Waals surface area (Å²) >= 11 is 6.88. The summed E-state index contributed by atoms with van der Waals surface area (Å²) < 4.78 is 5.01. The predicted molar refractivity (Wildman–Crippen MR) is 78.6 cm³/mol. The molecule has 2 rings (SSSR count). The Labute approximate surface area is 127 Å². The maximum absolute atomic E-state index is 12.1. The molecule has 0 aliphatic carbocycles. The number of carbonyl (C=O) groups is 1. The van der Waals surface area contributed by atoms with Crippen LogP contribution in [0.3, 0.4) is 0 Å². The Bertz CT molecular complexity index is 716. The minimum Gasteiger partial charge on any atom is -0.501 e. The number of methoxy groups -OCH3 is 1. The monoisotopic (exact) mass is 328 g/mol. The number of carbonyl (C=O) groups excluding carboxylic acids is 1. The molecule has 9 heteroatoms. The van der Waals surface area contributed by atoms with Crippen LogP contribution in [0.2, 0.25) is 5.02 Å². The molecule has 0 aliphatic heterocycles. The van der Waals surface area contributed by atoms with E-state index in [2.05, 4.69) is 5.32 Å². The molecule has 7 nitrogen and oxygen atoms in total. The Morgan fingerprint density at radius 2 is 2.24 bits per heavy atom.